The van der Waals surface area contributed by atoms with Gasteiger partial charge in [-0.05, 0) is 128 Å². The van der Waals surface area contributed by atoms with Gasteiger partial charge in [0, 0.05) is 19.3 Å². The van der Waals surface area contributed by atoms with Gasteiger partial charge in [0.25, 0.3) is 0 Å². The molecule has 1 atom stereocenters. The lowest BCUT2D eigenvalue weighted by molar-refractivity contribution is -0.167. The zero-order valence-corrected chi connectivity index (χ0v) is 51.2. The van der Waals surface area contributed by atoms with E-state index in [0.29, 0.717) is 19.3 Å². The molecule has 0 aromatic carbocycles. The molecule has 0 heterocycles. The third-order valence-electron chi connectivity index (χ3n) is 14.0. The summed E-state index contributed by atoms with van der Waals surface area (Å²) in [5, 5.41) is 0. The van der Waals surface area contributed by atoms with Crippen LogP contribution in [0.25, 0.3) is 0 Å². The van der Waals surface area contributed by atoms with Crippen molar-refractivity contribution in [2.24, 2.45) is 0 Å². The molecule has 0 bridgehead atoms. The largest absolute Gasteiger partial charge is 0.462 e. The first-order valence-corrected chi connectivity index (χ1v) is 32.9. The van der Waals surface area contributed by atoms with Crippen molar-refractivity contribution in [3.8, 4) is 0 Å². The second-order valence-corrected chi connectivity index (χ2v) is 21.6. The number of ether oxygens (including phenoxy) is 3. The number of hydrogen-bond acceptors (Lipinski definition) is 6. The monoisotopic (exact) mass is 1080 g/mol. The molecule has 0 aromatic rings. The molecule has 0 aromatic heterocycles. The number of rotatable bonds is 59. The molecule has 0 aliphatic carbocycles. The topological polar surface area (TPSA) is 78.9 Å². The van der Waals surface area contributed by atoms with Crippen molar-refractivity contribution >= 4 is 17.9 Å². The maximum atomic E-state index is 12.9. The average Bonchev–Trinajstić information content (AvgIpc) is 3.44. The number of allylic oxidation sites excluding steroid dienone is 18. The third-order valence-corrected chi connectivity index (χ3v) is 14.0. The standard InChI is InChI=1S/C72H122O6/c1-4-7-10-13-16-19-22-25-28-30-32-33-34-35-36-37-38-39-40-42-44-47-50-53-56-59-62-65-71(74)77-68-69(67-76-70(73)64-61-58-55-52-49-46-43-27-24-21-18-15-12-9-6-3)78-72(75)66-63-60-57-54-51-48-45-41-31-29-26-23-20-17-14-11-8-5-2/h7,10,16,18-21,23,25,27-29,31-33,35-36,43,69H,4-6,8-9,11-15,17,22,24,26,30,34,37-42,44-68H2,1-3H3/b10-7-,19-16-,21-18-,23-20-,28-25-,31-29-,33-32-,36-35-,43-27-. The molecule has 78 heavy (non-hydrogen) atoms. The van der Waals surface area contributed by atoms with Gasteiger partial charge in [-0.3, -0.25) is 14.4 Å². The Bertz CT molecular complexity index is 1570. The summed E-state index contributed by atoms with van der Waals surface area (Å²) in [4.78, 5) is 38.4. The first-order valence-electron chi connectivity index (χ1n) is 32.9. The van der Waals surface area contributed by atoms with Crippen LogP contribution in [0.1, 0.15) is 310 Å². The molecule has 0 saturated carbocycles. The van der Waals surface area contributed by atoms with Crippen LogP contribution in [0, 0.1) is 0 Å². The predicted octanol–water partition coefficient (Wildman–Crippen LogP) is 22.6. The van der Waals surface area contributed by atoms with Crippen molar-refractivity contribution in [2.75, 3.05) is 13.2 Å². The van der Waals surface area contributed by atoms with Crippen molar-refractivity contribution in [1.29, 1.82) is 0 Å². The molecule has 1 unspecified atom stereocenters. The van der Waals surface area contributed by atoms with E-state index in [2.05, 4.69) is 130 Å². The summed E-state index contributed by atoms with van der Waals surface area (Å²) in [6.07, 6.45) is 89.5. The lowest BCUT2D eigenvalue weighted by Crippen LogP contribution is -2.30. The smallest absolute Gasteiger partial charge is 0.306 e. The van der Waals surface area contributed by atoms with E-state index < -0.39 is 6.10 Å². The molecule has 0 aliphatic rings. The first-order chi connectivity index (χ1) is 38.5. The summed E-state index contributed by atoms with van der Waals surface area (Å²) in [6.45, 7) is 6.49. The SMILES string of the molecule is CC/C=C\C/C=C\C/C=C\C/C=C\C/C=C\CCCCCCCCCCCCCC(=O)OCC(COC(=O)CCCCCCC/C=C\C/C=C\CCCCC)OC(=O)CCCCCCCCC/C=C\C/C=C\CCCCCC. The van der Waals surface area contributed by atoms with Gasteiger partial charge in [0.05, 0.1) is 0 Å². The Morgan fingerprint density at radius 3 is 0.808 bits per heavy atom. The van der Waals surface area contributed by atoms with Crippen LogP contribution in [0.15, 0.2) is 109 Å². The second-order valence-electron chi connectivity index (χ2n) is 21.6. The molecule has 6 heteroatoms. The molecule has 0 N–H and O–H groups in total. The molecular formula is C72H122O6. The molecule has 0 aliphatic heterocycles. The molecule has 0 amide bonds. The molecule has 0 spiro atoms. The van der Waals surface area contributed by atoms with Gasteiger partial charge in [0.1, 0.15) is 13.2 Å². The minimum Gasteiger partial charge on any atom is -0.462 e. The summed E-state index contributed by atoms with van der Waals surface area (Å²) in [5.41, 5.74) is 0. The maximum absolute atomic E-state index is 12.9. The molecule has 0 radical (unpaired) electrons. The second kappa shape index (κ2) is 65.6. The number of carbonyl (C=O) groups excluding carboxylic acids is 3. The van der Waals surface area contributed by atoms with Crippen molar-refractivity contribution in [1.82, 2.24) is 0 Å². The van der Waals surface area contributed by atoms with Gasteiger partial charge in [0.15, 0.2) is 6.10 Å². The van der Waals surface area contributed by atoms with E-state index >= 15 is 0 Å². The van der Waals surface area contributed by atoms with Gasteiger partial charge in [-0.1, -0.05) is 271 Å². The molecule has 0 rings (SSSR count). The number of carbonyl (C=O) groups is 3. The molecule has 6 nitrogen and oxygen atoms in total. The van der Waals surface area contributed by atoms with Crippen LogP contribution in [-0.4, -0.2) is 37.2 Å². The number of esters is 3. The Hall–Kier alpha value is -3.93. The van der Waals surface area contributed by atoms with E-state index in [1.165, 1.54) is 141 Å². The Kier molecular flexibility index (Phi) is 62.3. The lowest BCUT2D eigenvalue weighted by atomic mass is 10.0. The van der Waals surface area contributed by atoms with Crippen molar-refractivity contribution in [3.05, 3.63) is 109 Å². The fourth-order valence-corrected chi connectivity index (χ4v) is 9.06. The number of hydrogen-bond donors (Lipinski definition) is 0. The van der Waals surface area contributed by atoms with Crippen LogP contribution < -0.4 is 0 Å². The molecular weight excluding hydrogens is 961 g/mol. The third kappa shape index (κ3) is 62.9. The van der Waals surface area contributed by atoms with E-state index in [1.807, 2.05) is 0 Å². The summed E-state index contributed by atoms with van der Waals surface area (Å²) in [6, 6.07) is 0. The van der Waals surface area contributed by atoms with E-state index in [1.54, 1.807) is 0 Å². The highest BCUT2D eigenvalue weighted by molar-refractivity contribution is 5.71. The average molecular weight is 1080 g/mol. The van der Waals surface area contributed by atoms with Gasteiger partial charge < -0.3 is 14.2 Å². The summed E-state index contributed by atoms with van der Waals surface area (Å²) >= 11 is 0. The minimum absolute atomic E-state index is 0.0874. The highest BCUT2D eigenvalue weighted by Gasteiger charge is 2.19. The van der Waals surface area contributed by atoms with Gasteiger partial charge >= 0.3 is 17.9 Å². The van der Waals surface area contributed by atoms with Gasteiger partial charge in [-0.15, -0.1) is 0 Å². The zero-order chi connectivity index (χ0) is 56.4. The molecule has 0 fully saturated rings. The van der Waals surface area contributed by atoms with Crippen LogP contribution in [0.3, 0.4) is 0 Å². The normalized spacial score (nSPS) is 12.8. The van der Waals surface area contributed by atoms with Crippen LogP contribution in [-0.2, 0) is 28.6 Å². The summed E-state index contributed by atoms with van der Waals surface area (Å²) in [5.74, 6) is -0.903. The van der Waals surface area contributed by atoms with Crippen LogP contribution in [0.5, 0.6) is 0 Å². The fourth-order valence-electron chi connectivity index (χ4n) is 9.06. The Labute approximate surface area is 482 Å². The highest BCUT2D eigenvalue weighted by Crippen LogP contribution is 2.16. The predicted molar refractivity (Wildman–Crippen MR) is 339 cm³/mol. The van der Waals surface area contributed by atoms with Crippen LogP contribution in [0.4, 0.5) is 0 Å². The molecule has 446 valence electrons. The van der Waals surface area contributed by atoms with Crippen LogP contribution in [0.2, 0.25) is 0 Å². The highest BCUT2D eigenvalue weighted by atomic mass is 16.6. The van der Waals surface area contributed by atoms with Crippen LogP contribution >= 0.6 is 0 Å². The quantitative estimate of drug-likeness (QED) is 0.0261. The van der Waals surface area contributed by atoms with Gasteiger partial charge in [0.2, 0.25) is 0 Å². The van der Waals surface area contributed by atoms with Gasteiger partial charge in [-0.25, -0.2) is 0 Å². The van der Waals surface area contributed by atoms with E-state index in [-0.39, 0.29) is 31.1 Å². The van der Waals surface area contributed by atoms with Crippen molar-refractivity contribution < 1.29 is 28.6 Å². The zero-order valence-electron chi connectivity index (χ0n) is 51.2. The first kappa shape index (κ1) is 74.1. The van der Waals surface area contributed by atoms with Crippen molar-refractivity contribution in [3.63, 3.8) is 0 Å². The molecule has 0 saturated heterocycles. The van der Waals surface area contributed by atoms with Gasteiger partial charge in [-0.2, -0.15) is 0 Å². The maximum Gasteiger partial charge on any atom is 0.306 e. The summed E-state index contributed by atoms with van der Waals surface area (Å²) in [7, 11) is 0. The fraction of sp³-hybridized carbons (Fsp3) is 0.708. The van der Waals surface area contributed by atoms with E-state index in [4.69, 9.17) is 14.2 Å². The Morgan fingerprint density at radius 2 is 0.500 bits per heavy atom. The minimum atomic E-state index is -0.792. The van der Waals surface area contributed by atoms with Crippen molar-refractivity contribution in [2.45, 2.75) is 316 Å². The Morgan fingerprint density at radius 1 is 0.269 bits per heavy atom. The number of unbranched alkanes of at least 4 members (excludes halogenated alkanes) is 30. The lowest BCUT2D eigenvalue weighted by Gasteiger charge is -2.18. The Balaban J connectivity index is 4.35. The summed E-state index contributed by atoms with van der Waals surface area (Å²) < 4.78 is 16.9. The van der Waals surface area contributed by atoms with E-state index in [0.717, 1.165) is 128 Å². The van der Waals surface area contributed by atoms with E-state index in [9.17, 15) is 14.4 Å².